The lowest BCUT2D eigenvalue weighted by Crippen LogP contribution is -2.44. The van der Waals surface area contributed by atoms with Crippen molar-refractivity contribution in [1.82, 2.24) is 9.88 Å². The molecule has 0 spiro atoms. The maximum atomic E-state index is 9.68. The van der Waals surface area contributed by atoms with Crippen LogP contribution in [0.4, 0.5) is 0 Å². The van der Waals surface area contributed by atoms with Gasteiger partial charge in [-0.05, 0) is 50.6 Å². The molecule has 16 heavy (non-hydrogen) atoms. The maximum absolute atomic E-state index is 9.68. The van der Waals surface area contributed by atoms with E-state index in [1.807, 2.05) is 24.5 Å². The van der Waals surface area contributed by atoms with Crippen molar-refractivity contribution >= 4 is 0 Å². The van der Waals surface area contributed by atoms with Crippen LogP contribution in [0.2, 0.25) is 0 Å². The summed E-state index contributed by atoms with van der Waals surface area (Å²) >= 11 is 0. The Morgan fingerprint density at radius 1 is 1.44 bits per heavy atom. The highest BCUT2D eigenvalue weighted by Crippen LogP contribution is 2.32. The third-order valence-corrected chi connectivity index (χ3v) is 3.52. The Labute approximate surface area is 97.1 Å². The van der Waals surface area contributed by atoms with Crippen LogP contribution in [0.1, 0.15) is 18.4 Å². The third kappa shape index (κ3) is 2.60. The molecule has 0 aliphatic carbocycles. The molecule has 0 bridgehead atoms. The topological polar surface area (TPSA) is 36.4 Å². The van der Waals surface area contributed by atoms with Crippen molar-refractivity contribution in [2.45, 2.75) is 19.3 Å². The van der Waals surface area contributed by atoms with Crippen LogP contribution in [0.15, 0.2) is 24.5 Å². The molecule has 1 N–H and O–H groups in total. The lowest BCUT2D eigenvalue weighted by atomic mass is 9.76. The zero-order chi connectivity index (χ0) is 11.4. The van der Waals surface area contributed by atoms with Crippen LogP contribution in [0, 0.1) is 5.41 Å². The summed E-state index contributed by atoms with van der Waals surface area (Å²) < 4.78 is 0. The minimum Gasteiger partial charge on any atom is -0.396 e. The molecule has 1 aliphatic heterocycles. The number of hydrogen-bond acceptors (Lipinski definition) is 3. The van der Waals surface area contributed by atoms with Crippen molar-refractivity contribution in [1.29, 1.82) is 0 Å². The van der Waals surface area contributed by atoms with Crippen LogP contribution in [-0.4, -0.2) is 41.7 Å². The SMILES string of the molecule is CN1CCCC(CO)(Cc2ccncc2)C1. The van der Waals surface area contributed by atoms with Crippen molar-refractivity contribution in [2.75, 3.05) is 26.7 Å². The van der Waals surface area contributed by atoms with E-state index in [1.165, 1.54) is 12.0 Å². The minimum atomic E-state index is 0.0500. The van der Waals surface area contributed by atoms with E-state index in [4.69, 9.17) is 0 Å². The van der Waals surface area contributed by atoms with E-state index in [0.717, 1.165) is 25.9 Å². The van der Waals surface area contributed by atoms with Gasteiger partial charge in [0.1, 0.15) is 0 Å². The fourth-order valence-electron chi connectivity index (χ4n) is 2.72. The van der Waals surface area contributed by atoms with Crippen molar-refractivity contribution in [3.8, 4) is 0 Å². The number of rotatable bonds is 3. The number of hydrogen-bond donors (Lipinski definition) is 1. The first-order chi connectivity index (χ1) is 7.74. The van der Waals surface area contributed by atoms with Crippen LogP contribution in [0.5, 0.6) is 0 Å². The third-order valence-electron chi connectivity index (χ3n) is 3.52. The van der Waals surface area contributed by atoms with Gasteiger partial charge in [-0.25, -0.2) is 0 Å². The first-order valence-corrected chi connectivity index (χ1v) is 5.92. The van der Waals surface area contributed by atoms with Crippen LogP contribution in [0.3, 0.4) is 0 Å². The normalized spacial score (nSPS) is 26.9. The van der Waals surface area contributed by atoms with Crippen LogP contribution in [0.25, 0.3) is 0 Å². The Bertz CT molecular complexity index is 328. The Hall–Kier alpha value is -0.930. The van der Waals surface area contributed by atoms with Gasteiger partial charge in [0.15, 0.2) is 0 Å². The predicted molar refractivity (Wildman–Crippen MR) is 64.2 cm³/mol. The number of pyridine rings is 1. The van der Waals surface area contributed by atoms with Gasteiger partial charge in [-0.15, -0.1) is 0 Å². The molecule has 3 nitrogen and oxygen atoms in total. The number of aliphatic hydroxyl groups is 1. The smallest absolute Gasteiger partial charge is 0.0502 e. The van der Waals surface area contributed by atoms with Gasteiger partial charge in [-0.2, -0.15) is 0 Å². The molecule has 1 aromatic rings. The fourth-order valence-corrected chi connectivity index (χ4v) is 2.72. The van der Waals surface area contributed by atoms with Gasteiger partial charge in [-0.3, -0.25) is 4.98 Å². The predicted octanol–water partition coefficient (Wildman–Crippen LogP) is 1.33. The molecule has 0 radical (unpaired) electrons. The van der Waals surface area contributed by atoms with E-state index in [2.05, 4.69) is 16.9 Å². The summed E-state index contributed by atoms with van der Waals surface area (Å²) in [6, 6.07) is 4.10. The molecule has 1 saturated heterocycles. The zero-order valence-electron chi connectivity index (χ0n) is 9.89. The molecule has 1 aliphatic rings. The first kappa shape index (κ1) is 11.6. The highest BCUT2D eigenvalue weighted by Gasteiger charge is 2.33. The second-order valence-electron chi connectivity index (χ2n) is 5.03. The molecular formula is C13H20N2O. The molecular weight excluding hydrogens is 200 g/mol. The Balaban J connectivity index is 2.10. The first-order valence-electron chi connectivity index (χ1n) is 5.92. The van der Waals surface area contributed by atoms with Gasteiger partial charge >= 0.3 is 0 Å². The highest BCUT2D eigenvalue weighted by atomic mass is 16.3. The summed E-state index contributed by atoms with van der Waals surface area (Å²) in [6.45, 7) is 2.42. The van der Waals surface area contributed by atoms with E-state index < -0.39 is 0 Å². The number of likely N-dealkylation sites (tertiary alicyclic amines) is 1. The molecule has 2 heterocycles. The summed E-state index contributed by atoms with van der Waals surface area (Å²) in [7, 11) is 2.14. The molecule has 2 rings (SSSR count). The molecule has 1 fully saturated rings. The highest BCUT2D eigenvalue weighted by molar-refractivity contribution is 5.13. The molecule has 3 heteroatoms. The number of piperidine rings is 1. The number of aliphatic hydroxyl groups excluding tert-OH is 1. The fraction of sp³-hybridized carbons (Fsp3) is 0.615. The van der Waals surface area contributed by atoms with Gasteiger partial charge < -0.3 is 10.0 Å². The number of nitrogens with zero attached hydrogens (tertiary/aromatic N) is 2. The molecule has 0 aromatic carbocycles. The van der Waals surface area contributed by atoms with E-state index in [0.29, 0.717) is 0 Å². The standard InChI is InChI=1S/C13H20N2O/c1-15-8-2-5-13(10-15,11-16)9-12-3-6-14-7-4-12/h3-4,6-7,16H,2,5,8-11H2,1H3. The lowest BCUT2D eigenvalue weighted by Gasteiger charge is -2.40. The quantitative estimate of drug-likeness (QED) is 0.835. The lowest BCUT2D eigenvalue weighted by molar-refractivity contribution is 0.0439. The average Bonchev–Trinajstić information content (AvgIpc) is 2.30. The van der Waals surface area contributed by atoms with E-state index >= 15 is 0 Å². The Morgan fingerprint density at radius 2 is 2.19 bits per heavy atom. The molecule has 88 valence electrons. The van der Waals surface area contributed by atoms with Crippen LogP contribution >= 0.6 is 0 Å². The summed E-state index contributed by atoms with van der Waals surface area (Å²) in [5.41, 5.74) is 1.33. The second-order valence-corrected chi connectivity index (χ2v) is 5.03. The molecule has 1 atom stereocenters. The van der Waals surface area contributed by atoms with Crippen LogP contribution < -0.4 is 0 Å². The minimum absolute atomic E-state index is 0.0500. The Kier molecular flexibility index (Phi) is 3.56. The number of aromatic nitrogens is 1. The molecule has 1 unspecified atom stereocenters. The molecule has 0 amide bonds. The second kappa shape index (κ2) is 4.93. The monoisotopic (exact) mass is 220 g/mol. The summed E-state index contributed by atoms with van der Waals surface area (Å²) in [5, 5.41) is 9.68. The van der Waals surface area contributed by atoms with E-state index in [-0.39, 0.29) is 12.0 Å². The van der Waals surface area contributed by atoms with Crippen molar-refractivity contribution in [3.05, 3.63) is 30.1 Å². The summed E-state index contributed by atoms with van der Waals surface area (Å²) in [4.78, 5) is 6.35. The van der Waals surface area contributed by atoms with Gasteiger partial charge in [0.25, 0.3) is 0 Å². The maximum Gasteiger partial charge on any atom is 0.0502 e. The zero-order valence-corrected chi connectivity index (χ0v) is 9.89. The Morgan fingerprint density at radius 3 is 2.81 bits per heavy atom. The van der Waals surface area contributed by atoms with Gasteiger partial charge in [0, 0.05) is 24.4 Å². The molecule has 1 aromatic heterocycles. The van der Waals surface area contributed by atoms with E-state index in [9.17, 15) is 5.11 Å². The van der Waals surface area contributed by atoms with Gasteiger partial charge in [-0.1, -0.05) is 0 Å². The van der Waals surface area contributed by atoms with Crippen molar-refractivity contribution < 1.29 is 5.11 Å². The van der Waals surface area contributed by atoms with Gasteiger partial charge in [0.2, 0.25) is 0 Å². The van der Waals surface area contributed by atoms with E-state index in [1.54, 1.807) is 0 Å². The van der Waals surface area contributed by atoms with Crippen molar-refractivity contribution in [3.63, 3.8) is 0 Å². The summed E-state index contributed by atoms with van der Waals surface area (Å²) in [5.74, 6) is 0. The average molecular weight is 220 g/mol. The van der Waals surface area contributed by atoms with Gasteiger partial charge in [0.05, 0.1) is 6.61 Å². The largest absolute Gasteiger partial charge is 0.396 e. The summed E-state index contributed by atoms with van der Waals surface area (Å²) in [6.07, 6.45) is 6.91. The van der Waals surface area contributed by atoms with Crippen molar-refractivity contribution in [2.24, 2.45) is 5.41 Å². The van der Waals surface area contributed by atoms with Crippen LogP contribution in [-0.2, 0) is 6.42 Å². The molecule has 0 saturated carbocycles.